The highest BCUT2D eigenvalue weighted by Crippen LogP contribution is 2.71. The average molecular weight is 233 g/mol. The summed E-state index contributed by atoms with van der Waals surface area (Å²) >= 11 is 0. The lowest BCUT2D eigenvalue weighted by molar-refractivity contribution is 0.0656. The molecule has 3 rings (SSSR count). The molecular formula is C16H27N. The molecule has 0 saturated heterocycles. The van der Waals surface area contributed by atoms with Gasteiger partial charge in [-0.3, -0.25) is 0 Å². The van der Waals surface area contributed by atoms with E-state index >= 15 is 0 Å². The van der Waals surface area contributed by atoms with E-state index in [1.54, 1.807) is 0 Å². The monoisotopic (exact) mass is 233 g/mol. The van der Waals surface area contributed by atoms with Crippen molar-refractivity contribution in [2.24, 2.45) is 10.8 Å². The highest BCUT2D eigenvalue weighted by atomic mass is 14.9. The first-order valence-corrected chi connectivity index (χ1v) is 7.57. The maximum Gasteiger partial charge on any atom is 0.00480 e. The van der Waals surface area contributed by atoms with Crippen molar-refractivity contribution in [2.45, 2.75) is 71.3 Å². The van der Waals surface area contributed by atoms with Crippen molar-refractivity contribution in [3.63, 3.8) is 0 Å². The Labute approximate surface area is 106 Å². The van der Waals surface area contributed by atoms with Crippen LogP contribution >= 0.6 is 0 Å². The number of hydrogen-bond donors (Lipinski definition) is 1. The summed E-state index contributed by atoms with van der Waals surface area (Å²) in [6.07, 6.45) is 14.2. The molecule has 2 fully saturated rings. The van der Waals surface area contributed by atoms with Crippen molar-refractivity contribution in [2.75, 3.05) is 6.54 Å². The van der Waals surface area contributed by atoms with Crippen molar-refractivity contribution in [1.82, 2.24) is 5.32 Å². The minimum atomic E-state index is 0.571. The van der Waals surface area contributed by atoms with Gasteiger partial charge in [0.25, 0.3) is 0 Å². The largest absolute Gasteiger partial charge is 0.314 e. The van der Waals surface area contributed by atoms with Crippen LogP contribution in [0.4, 0.5) is 0 Å². The maximum atomic E-state index is 3.71. The number of hydrogen-bond acceptors (Lipinski definition) is 1. The molecule has 1 nitrogen and oxygen atoms in total. The minimum Gasteiger partial charge on any atom is -0.314 e. The fourth-order valence-corrected chi connectivity index (χ4v) is 4.10. The molecule has 0 amide bonds. The molecule has 0 aromatic carbocycles. The lowest BCUT2D eigenvalue weighted by atomic mass is 9.54. The van der Waals surface area contributed by atoms with Crippen LogP contribution in [0, 0.1) is 10.8 Å². The molecule has 17 heavy (non-hydrogen) atoms. The first kappa shape index (κ1) is 11.8. The highest BCUT2D eigenvalue weighted by molar-refractivity contribution is 5.27. The molecule has 2 saturated carbocycles. The molecule has 3 aliphatic carbocycles. The molecule has 3 aliphatic rings. The van der Waals surface area contributed by atoms with E-state index in [0.29, 0.717) is 11.5 Å². The van der Waals surface area contributed by atoms with Crippen LogP contribution in [0.25, 0.3) is 0 Å². The van der Waals surface area contributed by atoms with Crippen LogP contribution in [-0.4, -0.2) is 12.6 Å². The molecule has 0 bridgehead atoms. The number of allylic oxidation sites excluding steroid dienone is 1. The SMILES string of the molecule is CC(C)NCC1(C2=CCCCC2)CC2(CC2)C1. The van der Waals surface area contributed by atoms with Crippen molar-refractivity contribution >= 4 is 0 Å². The quantitative estimate of drug-likeness (QED) is 0.722. The number of rotatable bonds is 4. The standard InChI is InChI=1S/C16H27N/c1-13(2)17-12-16(10-15(11-16)8-9-15)14-6-4-3-5-7-14/h6,13,17H,3-5,7-12H2,1-2H3. The Morgan fingerprint density at radius 3 is 2.53 bits per heavy atom. The first-order chi connectivity index (χ1) is 8.14. The topological polar surface area (TPSA) is 12.0 Å². The van der Waals surface area contributed by atoms with Gasteiger partial charge in [0.15, 0.2) is 0 Å². The Bertz CT molecular complexity index is 314. The summed E-state index contributed by atoms with van der Waals surface area (Å²) in [4.78, 5) is 0. The van der Waals surface area contributed by atoms with E-state index in [1.165, 1.54) is 57.9 Å². The Kier molecular flexibility index (Phi) is 2.85. The Balaban J connectivity index is 1.70. The van der Waals surface area contributed by atoms with Crippen LogP contribution < -0.4 is 5.32 Å². The van der Waals surface area contributed by atoms with Gasteiger partial charge < -0.3 is 5.32 Å². The molecule has 96 valence electrons. The summed E-state index contributed by atoms with van der Waals surface area (Å²) < 4.78 is 0. The van der Waals surface area contributed by atoms with E-state index in [4.69, 9.17) is 0 Å². The van der Waals surface area contributed by atoms with Gasteiger partial charge >= 0.3 is 0 Å². The fraction of sp³-hybridized carbons (Fsp3) is 0.875. The van der Waals surface area contributed by atoms with Crippen LogP contribution in [0.3, 0.4) is 0 Å². The van der Waals surface area contributed by atoms with Gasteiger partial charge in [-0.1, -0.05) is 25.5 Å². The second-order valence-electron chi connectivity index (χ2n) is 7.14. The van der Waals surface area contributed by atoms with Gasteiger partial charge in [0.05, 0.1) is 0 Å². The van der Waals surface area contributed by atoms with E-state index in [2.05, 4.69) is 25.2 Å². The average Bonchev–Trinajstić information content (AvgIpc) is 3.06. The Morgan fingerprint density at radius 1 is 1.24 bits per heavy atom. The third-order valence-corrected chi connectivity index (χ3v) is 5.20. The zero-order valence-corrected chi connectivity index (χ0v) is 11.5. The highest BCUT2D eigenvalue weighted by Gasteiger charge is 2.61. The van der Waals surface area contributed by atoms with Crippen molar-refractivity contribution in [3.05, 3.63) is 11.6 Å². The van der Waals surface area contributed by atoms with Crippen molar-refractivity contribution in [1.29, 1.82) is 0 Å². The van der Waals surface area contributed by atoms with Crippen LogP contribution in [0.2, 0.25) is 0 Å². The molecule has 0 heterocycles. The summed E-state index contributed by atoms with van der Waals surface area (Å²) in [5.74, 6) is 0. The van der Waals surface area contributed by atoms with Crippen LogP contribution in [-0.2, 0) is 0 Å². The van der Waals surface area contributed by atoms with Gasteiger partial charge in [0.2, 0.25) is 0 Å². The predicted molar refractivity (Wildman–Crippen MR) is 73.0 cm³/mol. The summed E-state index contributed by atoms with van der Waals surface area (Å²) in [6, 6.07) is 0.631. The zero-order valence-electron chi connectivity index (χ0n) is 11.5. The summed E-state index contributed by atoms with van der Waals surface area (Å²) in [6.45, 7) is 5.78. The van der Waals surface area contributed by atoms with Crippen LogP contribution in [0.5, 0.6) is 0 Å². The first-order valence-electron chi connectivity index (χ1n) is 7.57. The van der Waals surface area contributed by atoms with Gasteiger partial charge in [-0.05, 0) is 56.8 Å². The van der Waals surface area contributed by atoms with Crippen LogP contribution in [0.15, 0.2) is 11.6 Å². The van der Waals surface area contributed by atoms with Gasteiger partial charge in [0.1, 0.15) is 0 Å². The third kappa shape index (κ3) is 2.19. The minimum absolute atomic E-state index is 0.571. The second kappa shape index (κ2) is 4.12. The third-order valence-electron chi connectivity index (χ3n) is 5.20. The molecule has 0 radical (unpaired) electrons. The summed E-state index contributed by atoms with van der Waals surface area (Å²) in [5, 5.41) is 3.71. The van der Waals surface area contributed by atoms with E-state index < -0.39 is 0 Å². The van der Waals surface area contributed by atoms with Gasteiger partial charge in [-0.2, -0.15) is 0 Å². The van der Waals surface area contributed by atoms with Gasteiger partial charge in [-0.15, -0.1) is 0 Å². The normalized spacial score (nSPS) is 29.0. The molecule has 0 aromatic heterocycles. The second-order valence-corrected chi connectivity index (χ2v) is 7.14. The zero-order chi connectivity index (χ0) is 11.9. The molecule has 1 heteroatoms. The molecule has 0 atom stereocenters. The van der Waals surface area contributed by atoms with E-state index in [-0.39, 0.29) is 0 Å². The molecule has 1 N–H and O–H groups in total. The smallest absolute Gasteiger partial charge is 0.00480 e. The van der Waals surface area contributed by atoms with Gasteiger partial charge in [0, 0.05) is 18.0 Å². The van der Waals surface area contributed by atoms with Crippen LogP contribution in [0.1, 0.15) is 65.2 Å². The Morgan fingerprint density at radius 2 is 2.00 bits per heavy atom. The fourth-order valence-electron chi connectivity index (χ4n) is 4.10. The number of nitrogens with one attached hydrogen (secondary N) is 1. The molecule has 0 aliphatic heterocycles. The lowest BCUT2D eigenvalue weighted by Crippen LogP contribution is -2.49. The Hall–Kier alpha value is -0.300. The molecular weight excluding hydrogens is 206 g/mol. The molecule has 0 unspecified atom stereocenters. The summed E-state index contributed by atoms with van der Waals surface area (Å²) in [5.41, 5.74) is 3.20. The van der Waals surface area contributed by atoms with Crippen molar-refractivity contribution < 1.29 is 0 Å². The van der Waals surface area contributed by atoms with E-state index in [9.17, 15) is 0 Å². The molecule has 1 spiro atoms. The van der Waals surface area contributed by atoms with Gasteiger partial charge in [-0.25, -0.2) is 0 Å². The van der Waals surface area contributed by atoms with E-state index in [1.807, 2.05) is 5.57 Å². The predicted octanol–water partition coefficient (Wildman–Crippen LogP) is 4.05. The molecule has 0 aromatic rings. The van der Waals surface area contributed by atoms with E-state index in [0.717, 1.165) is 5.41 Å². The summed E-state index contributed by atoms with van der Waals surface area (Å²) in [7, 11) is 0. The lowest BCUT2D eigenvalue weighted by Gasteiger charge is -2.52. The maximum absolute atomic E-state index is 3.71. The van der Waals surface area contributed by atoms with Crippen molar-refractivity contribution in [3.8, 4) is 0 Å².